The van der Waals surface area contributed by atoms with E-state index in [-0.39, 0.29) is 22.8 Å². The van der Waals surface area contributed by atoms with Crippen molar-refractivity contribution in [1.82, 2.24) is 5.32 Å². The topological polar surface area (TPSA) is 75.7 Å². The zero-order chi connectivity index (χ0) is 23.4. The number of hydrogen-bond donors (Lipinski definition) is 1. The Balaban J connectivity index is 2.38. The molecule has 0 fully saturated rings. The minimum Gasteiger partial charge on any atom is -0.497 e. The molecule has 2 aromatic carbocycles. The van der Waals surface area contributed by atoms with Crippen molar-refractivity contribution in [2.75, 3.05) is 18.0 Å². The molecule has 0 bridgehead atoms. The minimum atomic E-state index is -3.94. The molecule has 7 heteroatoms. The van der Waals surface area contributed by atoms with Crippen LogP contribution in [0.4, 0.5) is 5.69 Å². The van der Waals surface area contributed by atoms with Gasteiger partial charge in [-0.05, 0) is 69.0 Å². The monoisotopic (exact) mass is 446 g/mol. The lowest BCUT2D eigenvalue weighted by atomic mass is 9.82. The molecule has 0 heterocycles. The van der Waals surface area contributed by atoms with Crippen molar-refractivity contribution in [3.05, 3.63) is 54.1 Å². The summed E-state index contributed by atoms with van der Waals surface area (Å²) < 4.78 is 33.2. The molecule has 0 aliphatic carbocycles. The van der Waals surface area contributed by atoms with E-state index in [2.05, 4.69) is 26.1 Å². The Morgan fingerprint density at radius 1 is 0.968 bits per heavy atom. The van der Waals surface area contributed by atoms with Crippen LogP contribution in [0, 0.1) is 12.3 Å². The smallest absolute Gasteiger partial charge is 0.264 e. The van der Waals surface area contributed by atoms with E-state index in [1.807, 2.05) is 20.8 Å². The SMILES string of the molecule is COc1ccc(N(CC(=O)NC(C)(C)CC(C)(C)C)S(=O)(=O)c2ccc(C)cc2)cc1. The van der Waals surface area contributed by atoms with Gasteiger partial charge in [-0.1, -0.05) is 38.5 Å². The van der Waals surface area contributed by atoms with Crippen LogP contribution in [0.15, 0.2) is 53.4 Å². The lowest BCUT2D eigenvalue weighted by Gasteiger charge is -2.34. The van der Waals surface area contributed by atoms with Gasteiger partial charge in [-0.15, -0.1) is 0 Å². The number of anilines is 1. The molecule has 0 spiro atoms. The predicted molar refractivity (Wildman–Crippen MR) is 125 cm³/mol. The molecule has 0 atom stereocenters. The van der Waals surface area contributed by atoms with E-state index in [9.17, 15) is 13.2 Å². The summed E-state index contributed by atoms with van der Waals surface area (Å²) in [6.07, 6.45) is 0.749. The highest BCUT2D eigenvalue weighted by Gasteiger charge is 2.31. The molecular formula is C24H34N2O4S. The van der Waals surface area contributed by atoms with Gasteiger partial charge in [0, 0.05) is 5.54 Å². The number of amides is 1. The van der Waals surface area contributed by atoms with E-state index in [0.717, 1.165) is 16.3 Å². The van der Waals surface area contributed by atoms with Gasteiger partial charge in [-0.3, -0.25) is 9.10 Å². The number of carbonyl (C=O) groups is 1. The maximum absolute atomic E-state index is 13.4. The summed E-state index contributed by atoms with van der Waals surface area (Å²) in [6.45, 7) is 11.8. The van der Waals surface area contributed by atoms with E-state index in [1.165, 1.54) is 0 Å². The molecular weight excluding hydrogens is 412 g/mol. The van der Waals surface area contributed by atoms with Crippen LogP contribution in [0.2, 0.25) is 0 Å². The average Bonchev–Trinajstić information content (AvgIpc) is 2.64. The average molecular weight is 447 g/mol. The molecule has 0 aromatic heterocycles. The number of methoxy groups -OCH3 is 1. The maximum atomic E-state index is 13.4. The molecule has 6 nitrogen and oxygen atoms in total. The van der Waals surface area contributed by atoms with Crippen molar-refractivity contribution >= 4 is 21.6 Å². The van der Waals surface area contributed by atoms with Gasteiger partial charge in [-0.2, -0.15) is 0 Å². The fourth-order valence-corrected chi connectivity index (χ4v) is 5.24. The Labute approximate surface area is 186 Å². The van der Waals surface area contributed by atoms with Gasteiger partial charge in [0.25, 0.3) is 10.0 Å². The summed E-state index contributed by atoms with van der Waals surface area (Å²) in [5, 5.41) is 3.00. The van der Waals surface area contributed by atoms with Gasteiger partial charge in [0.15, 0.2) is 0 Å². The molecule has 1 amide bonds. The molecule has 2 rings (SSSR count). The van der Waals surface area contributed by atoms with Gasteiger partial charge in [-0.25, -0.2) is 8.42 Å². The molecule has 0 aliphatic rings. The molecule has 1 N–H and O–H groups in total. The Hall–Kier alpha value is -2.54. The van der Waals surface area contributed by atoms with E-state index in [1.54, 1.807) is 55.6 Å². The van der Waals surface area contributed by atoms with Crippen LogP contribution in [0.3, 0.4) is 0 Å². The second-order valence-electron chi connectivity index (χ2n) is 9.69. The number of rotatable bonds is 8. The standard InChI is InChI=1S/C24H34N2O4S/c1-18-8-14-21(15-9-18)31(28,29)26(19-10-12-20(30-7)13-11-19)16-22(27)25-24(5,6)17-23(2,3)4/h8-15H,16-17H2,1-7H3,(H,25,27). The first kappa shape index (κ1) is 24.7. The van der Waals surface area contributed by atoms with E-state index < -0.39 is 15.6 Å². The normalized spacial score (nSPS) is 12.4. The fraction of sp³-hybridized carbons (Fsp3) is 0.458. The lowest BCUT2D eigenvalue weighted by Crippen LogP contribution is -2.50. The van der Waals surface area contributed by atoms with Gasteiger partial charge < -0.3 is 10.1 Å². The third-order valence-corrected chi connectivity index (χ3v) is 6.49. The lowest BCUT2D eigenvalue weighted by molar-refractivity contribution is -0.121. The van der Waals surface area contributed by atoms with Crippen molar-refractivity contribution in [2.45, 2.75) is 58.4 Å². The highest BCUT2D eigenvalue weighted by Crippen LogP contribution is 2.28. The second-order valence-corrected chi connectivity index (χ2v) is 11.6. The molecule has 0 unspecified atom stereocenters. The van der Waals surface area contributed by atoms with Gasteiger partial charge in [0.1, 0.15) is 12.3 Å². The van der Waals surface area contributed by atoms with Crippen molar-refractivity contribution < 1.29 is 17.9 Å². The number of hydrogen-bond acceptors (Lipinski definition) is 4. The molecule has 0 aliphatic heterocycles. The predicted octanol–water partition coefficient (Wildman–Crippen LogP) is 4.53. The Morgan fingerprint density at radius 3 is 2.00 bits per heavy atom. The number of carbonyl (C=O) groups excluding carboxylic acids is 1. The van der Waals surface area contributed by atoms with Gasteiger partial charge in [0.05, 0.1) is 17.7 Å². The highest BCUT2D eigenvalue weighted by molar-refractivity contribution is 7.92. The molecule has 0 saturated heterocycles. The van der Waals surface area contributed by atoms with E-state index >= 15 is 0 Å². The van der Waals surface area contributed by atoms with Crippen molar-refractivity contribution in [3.8, 4) is 5.75 Å². The molecule has 31 heavy (non-hydrogen) atoms. The molecule has 2 aromatic rings. The van der Waals surface area contributed by atoms with Gasteiger partial charge >= 0.3 is 0 Å². The van der Waals surface area contributed by atoms with Crippen LogP contribution in [-0.4, -0.2) is 33.5 Å². The maximum Gasteiger partial charge on any atom is 0.264 e. The van der Waals surface area contributed by atoms with E-state index in [4.69, 9.17) is 4.74 Å². The van der Waals surface area contributed by atoms with Crippen LogP contribution in [-0.2, 0) is 14.8 Å². The summed E-state index contributed by atoms with van der Waals surface area (Å²) in [5.41, 5.74) is 0.886. The third kappa shape index (κ3) is 6.99. The van der Waals surface area contributed by atoms with Gasteiger partial charge in [0.2, 0.25) is 5.91 Å². The zero-order valence-electron chi connectivity index (χ0n) is 19.5. The summed E-state index contributed by atoms with van der Waals surface area (Å²) in [5.74, 6) is 0.243. The number of aryl methyl sites for hydroxylation is 1. The van der Waals surface area contributed by atoms with Crippen molar-refractivity contribution in [1.29, 1.82) is 0 Å². The Bertz CT molecular complexity index is 989. The first-order chi connectivity index (χ1) is 14.2. The van der Waals surface area contributed by atoms with Crippen molar-refractivity contribution in [3.63, 3.8) is 0 Å². The minimum absolute atomic E-state index is 0.0143. The number of nitrogens with one attached hydrogen (secondary N) is 1. The third-order valence-electron chi connectivity index (χ3n) is 4.71. The number of ether oxygens (including phenoxy) is 1. The molecule has 0 radical (unpaired) electrons. The Morgan fingerprint density at radius 2 is 1.52 bits per heavy atom. The summed E-state index contributed by atoms with van der Waals surface area (Å²) in [7, 11) is -2.40. The fourth-order valence-electron chi connectivity index (χ4n) is 3.82. The van der Waals surface area contributed by atoms with E-state index in [0.29, 0.717) is 11.4 Å². The highest BCUT2D eigenvalue weighted by atomic mass is 32.2. The first-order valence-electron chi connectivity index (χ1n) is 10.3. The molecule has 0 saturated carbocycles. The largest absolute Gasteiger partial charge is 0.497 e. The zero-order valence-corrected chi connectivity index (χ0v) is 20.3. The summed E-state index contributed by atoms with van der Waals surface area (Å²) in [4.78, 5) is 13.1. The quantitative estimate of drug-likeness (QED) is 0.646. The second kappa shape index (κ2) is 9.30. The van der Waals surface area contributed by atoms with Crippen LogP contribution >= 0.6 is 0 Å². The number of sulfonamides is 1. The summed E-state index contributed by atoms with van der Waals surface area (Å²) in [6, 6.07) is 13.2. The molecule has 170 valence electrons. The van der Waals surface area contributed by atoms with Crippen LogP contribution < -0.4 is 14.4 Å². The van der Waals surface area contributed by atoms with Crippen LogP contribution in [0.1, 0.15) is 46.6 Å². The number of nitrogens with zero attached hydrogens (tertiary/aromatic N) is 1. The number of benzene rings is 2. The van der Waals surface area contributed by atoms with Crippen LogP contribution in [0.25, 0.3) is 0 Å². The van der Waals surface area contributed by atoms with Crippen LogP contribution in [0.5, 0.6) is 5.75 Å². The summed E-state index contributed by atoms with van der Waals surface area (Å²) >= 11 is 0. The Kier molecular flexibility index (Phi) is 7.42. The first-order valence-corrected chi connectivity index (χ1v) is 11.7. The van der Waals surface area contributed by atoms with Crippen molar-refractivity contribution in [2.24, 2.45) is 5.41 Å².